The fraction of sp³-hybridized carbons (Fsp3) is 0.889. The second kappa shape index (κ2) is 63.6. The summed E-state index contributed by atoms with van der Waals surface area (Å²) in [6, 6.07) is 0. The lowest BCUT2D eigenvalue weighted by Gasteiger charge is -2.21. The molecule has 0 rings (SSSR count). The summed E-state index contributed by atoms with van der Waals surface area (Å²) in [4.78, 5) is 72.3. The van der Waals surface area contributed by atoms with E-state index in [1.807, 2.05) is 0 Å². The average molecular weight is 1340 g/mol. The number of unbranched alkanes of at least 4 members (excludes halogenated alkanes) is 35. The lowest BCUT2D eigenvalue weighted by molar-refractivity contribution is -0.161. The summed E-state index contributed by atoms with van der Waals surface area (Å²) in [5.41, 5.74) is 0. The molecule has 6 atom stereocenters. The third kappa shape index (κ3) is 64.6. The van der Waals surface area contributed by atoms with Crippen LogP contribution in [0.1, 0.15) is 343 Å². The fourth-order valence-corrected chi connectivity index (χ4v) is 12.0. The van der Waals surface area contributed by atoms with E-state index in [0.717, 1.165) is 127 Å². The summed E-state index contributed by atoms with van der Waals surface area (Å²) in [6.07, 6.45) is 52.5. The van der Waals surface area contributed by atoms with Crippen LogP contribution in [0.5, 0.6) is 0 Å². The van der Waals surface area contributed by atoms with Crippen molar-refractivity contribution in [1.82, 2.24) is 0 Å². The zero-order valence-electron chi connectivity index (χ0n) is 58.6. The first-order valence-corrected chi connectivity index (χ1v) is 39.8. The monoisotopic (exact) mass is 1330 g/mol. The van der Waals surface area contributed by atoms with Crippen LogP contribution < -0.4 is 0 Å². The number of rotatable bonds is 69. The van der Waals surface area contributed by atoms with E-state index in [1.165, 1.54) is 135 Å². The molecule has 0 fully saturated rings. The van der Waals surface area contributed by atoms with Gasteiger partial charge in [-0.15, -0.1) is 0 Å². The van der Waals surface area contributed by atoms with Crippen molar-refractivity contribution >= 4 is 39.5 Å². The van der Waals surface area contributed by atoms with Crippen molar-refractivity contribution in [2.45, 2.75) is 362 Å². The van der Waals surface area contributed by atoms with Crippen molar-refractivity contribution < 1.29 is 80.2 Å². The Balaban J connectivity index is 5.20. The molecule has 91 heavy (non-hydrogen) atoms. The predicted molar refractivity (Wildman–Crippen MR) is 367 cm³/mol. The number of phosphoric ester groups is 2. The van der Waals surface area contributed by atoms with Crippen LogP contribution >= 0.6 is 15.6 Å². The molecule has 19 heteroatoms. The van der Waals surface area contributed by atoms with Crippen LogP contribution in [0.2, 0.25) is 0 Å². The molecule has 536 valence electrons. The maximum absolute atomic E-state index is 13.0. The van der Waals surface area contributed by atoms with Gasteiger partial charge in [0.25, 0.3) is 0 Å². The molecule has 0 aliphatic heterocycles. The van der Waals surface area contributed by atoms with Gasteiger partial charge >= 0.3 is 39.5 Å². The first kappa shape index (κ1) is 88.5. The van der Waals surface area contributed by atoms with Crippen molar-refractivity contribution in [3.05, 3.63) is 24.3 Å². The first-order valence-electron chi connectivity index (χ1n) is 36.8. The van der Waals surface area contributed by atoms with Crippen LogP contribution in [0.3, 0.4) is 0 Å². The quantitative estimate of drug-likeness (QED) is 0.0169. The van der Waals surface area contributed by atoms with Gasteiger partial charge in [0.05, 0.1) is 26.4 Å². The number of aliphatic hydroxyl groups excluding tert-OH is 1. The van der Waals surface area contributed by atoms with Crippen molar-refractivity contribution in [2.75, 3.05) is 39.6 Å². The zero-order chi connectivity index (χ0) is 67.2. The van der Waals surface area contributed by atoms with Crippen molar-refractivity contribution in [3.8, 4) is 0 Å². The highest BCUT2D eigenvalue weighted by atomic mass is 31.2. The van der Waals surface area contributed by atoms with Gasteiger partial charge in [-0.3, -0.25) is 37.3 Å². The van der Waals surface area contributed by atoms with E-state index in [4.69, 9.17) is 37.0 Å². The Morgan fingerprint density at radius 2 is 0.648 bits per heavy atom. The molecule has 0 aliphatic carbocycles. The number of aliphatic hydroxyl groups is 1. The normalized spacial score (nSPS) is 14.6. The number of ether oxygens (including phenoxy) is 4. The number of hydrogen-bond donors (Lipinski definition) is 3. The van der Waals surface area contributed by atoms with E-state index < -0.39 is 97.5 Å². The molecule has 0 aromatic heterocycles. The Hall–Kier alpha value is -2.46. The molecule has 0 amide bonds. The van der Waals surface area contributed by atoms with Crippen LogP contribution in [0.4, 0.5) is 0 Å². The van der Waals surface area contributed by atoms with Gasteiger partial charge in [-0.25, -0.2) is 9.13 Å². The Kier molecular flexibility index (Phi) is 61.9. The van der Waals surface area contributed by atoms with Gasteiger partial charge < -0.3 is 33.8 Å². The molecule has 0 radical (unpaired) electrons. The molecule has 0 saturated heterocycles. The minimum Gasteiger partial charge on any atom is -0.462 e. The predicted octanol–water partition coefficient (Wildman–Crippen LogP) is 20.3. The third-order valence-electron chi connectivity index (χ3n) is 16.4. The summed E-state index contributed by atoms with van der Waals surface area (Å²) in [5.74, 6) is -0.569. The number of carbonyl (C=O) groups is 4. The maximum Gasteiger partial charge on any atom is 0.472 e. The highest BCUT2D eigenvalue weighted by Crippen LogP contribution is 2.45. The third-order valence-corrected chi connectivity index (χ3v) is 18.3. The van der Waals surface area contributed by atoms with Crippen molar-refractivity contribution in [1.29, 1.82) is 0 Å². The molecule has 0 aliphatic rings. The Labute approximate surface area is 554 Å². The molecule has 0 bridgehead atoms. The largest absolute Gasteiger partial charge is 0.472 e. The summed E-state index contributed by atoms with van der Waals surface area (Å²) in [6.45, 7) is 9.45. The minimum atomic E-state index is -4.96. The number of carbonyl (C=O) groups excluding carboxylic acids is 4. The Morgan fingerprint density at radius 1 is 0.363 bits per heavy atom. The van der Waals surface area contributed by atoms with E-state index in [-0.39, 0.29) is 25.7 Å². The molecule has 0 heterocycles. The molecular weight excluding hydrogens is 1200 g/mol. The topological polar surface area (TPSA) is 237 Å². The molecule has 0 saturated carbocycles. The lowest BCUT2D eigenvalue weighted by atomic mass is 9.99. The highest BCUT2D eigenvalue weighted by molar-refractivity contribution is 7.47. The highest BCUT2D eigenvalue weighted by Gasteiger charge is 2.30. The van der Waals surface area contributed by atoms with Gasteiger partial charge in [0.15, 0.2) is 12.2 Å². The molecule has 0 aromatic carbocycles. The maximum atomic E-state index is 13.0. The smallest absolute Gasteiger partial charge is 0.462 e. The van der Waals surface area contributed by atoms with Gasteiger partial charge in [-0.2, -0.15) is 0 Å². The molecule has 3 N–H and O–H groups in total. The van der Waals surface area contributed by atoms with Crippen molar-refractivity contribution in [3.63, 3.8) is 0 Å². The molecule has 3 unspecified atom stereocenters. The number of hydrogen-bond acceptors (Lipinski definition) is 15. The van der Waals surface area contributed by atoms with Crippen LogP contribution in [-0.2, 0) is 65.4 Å². The van der Waals surface area contributed by atoms with Crippen LogP contribution in [0, 0.1) is 11.8 Å². The summed E-state index contributed by atoms with van der Waals surface area (Å²) >= 11 is 0. The van der Waals surface area contributed by atoms with E-state index in [2.05, 4.69) is 65.8 Å². The molecule has 0 aromatic rings. The van der Waals surface area contributed by atoms with Gasteiger partial charge in [-0.05, 0) is 63.2 Å². The summed E-state index contributed by atoms with van der Waals surface area (Å²) in [5, 5.41) is 10.6. The van der Waals surface area contributed by atoms with Crippen molar-refractivity contribution in [2.24, 2.45) is 11.8 Å². The molecular formula is C72H136O17P2. The van der Waals surface area contributed by atoms with E-state index in [0.29, 0.717) is 25.7 Å². The van der Waals surface area contributed by atoms with Crippen LogP contribution in [-0.4, -0.2) is 96.7 Å². The lowest BCUT2D eigenvalue weighted by Crippen LogP contribution is -2.30. The zero-order valence-corrected chi connectivity index (χ0v) is 60.4. The molecule has 0 spiro atoms. The van der Waals surface area contributed by atoms with Crippen LogP contribution in [0.15, 0.2) is 24.3 Å². The van der Waals surface area contributed by atoms with E-state index in [1.54, 1.807) is 0 Å². The Morgan fingerprint density at radius 3 is 0.989 bits per heavy atom. The number of phosphoric acid groups is 2. The summed E-state index contributed by atoms with van der Waals surface area (Å²) < 4.78 is 68.1. The first-order chi connectivity index (χ1) is 43.9. The Bertz CT molecular complexity index is 1860. The van der Waals surface area contributed by atoms with Gasteiger partial charge in [0, 0.05) is 25.7 Å². The molecule has 17 nitrogen and oxygen atoms in total. The van der Waals surface area contributed by atoms with E-state index >= 15 is 0 Å². The second-order valence-electron chi connectivity index (χ2n) is 26.0. The fourth-order valence-electron chi connectivity index (χ4n) is 10.4. The average Bonchev–Trinajstić information content (AvgIpc) is 3.60. The number of esters is 4. The second-order valence-corrected chi connectivity index (χ2v) is 28.9. The number of allylic oxidation sites excluding steroid dienone is 4. The minimum absolute atomic E-state index is 0.100. The van der Waals surface area contributed by atoms with E-state index in [9.17, 15) is 43.2 Å². The van der Waals surface area contributed by atoms with Crippen LogP contribution in [0.25, 0.3) is 0 Å². The van der Waals surface area contributed by atoms with Gasteiger partial charge in [-0.1, -0.05) is 291 Å². The van der Waals surface area contributed by atoms with Gasteiger partial charge in [0.1, 0.15) is 19.3 Å². The standard InChI is InChI=1S/C72H136O17P2/c1-7-10-12-14-15-16-17-18-19-23-26-32-37-43-49-55-70(75)83-61-68(89-72(77)56-50-44-38-33-27-24-21-20-22-25-31-36-42-47-53-65(6)9-3)63-87-91(80,81)85-59-66(73)58-84-90(78,79)86-62-67(60-82-69(74)54-48-40-13-11-8-2)88-71(76)57-51-45-39-34-29-28-30-35-41-46-52-64(4)5/h16-19,64-68,73H,7-15,20-63H2,1-6H3,(H,78,79)(H,80,81)/b17-16-,19-18-/t65?,66-,67+,68+/m0/s1. The van der Waals surface area contributed by atoms with Gasteiger partial charge in [0.2, 0.25) is 0 Å². The SMILES string of the molecule is CCCCCC/C=C\C=C/CCCCCCCC(=O)OC[C@H](COP(=O)(O)OC[C@@H](O)COP(=O)(O)OC[C@@H](COC(=O)CCCCCCC)OC(=O)CCCCCCCCCCCCC(C)C)OC(=O)CCCCCCCCCCCCCCCCC(C)CC. The summed E-state index contributed by atoms with van der Waals surface area (Å²) in [7, 11) is -9.91.